The molecule has 1 rings (SSSR count). The summed E-state index contributed by atoms with van der Waals surface area (Å²) in [6, 6.07) is 2.02. The molecule has 3 heteroatoms. The topological polar surface area (TPSA) is 45.2 Å². The smallest absolute Gasteiger partial charge is 0.0468 e. The lowest BCUT2D eigenvalue weighted by Crippen LogP contribution is -2.23. The Balaban J connectivity index is 2.35. The molecular formula is C11H18N2O. The van der Waals surface area contributed by atoms with Gasteiger partial charge in [-0.1, -0.05) is 6.92 Å². The van der Waals surface area contributed by atoms with E-state index in [0.29, 0.717) is 5.92 Å². The molecule has 0 amide bonds. The van der Waals surface area contributed by atoms with Crippen molar-refractivity contribution in [1.29, 1.82) is 0 Å². The van der Waals surface area contributed by atoms with E-state index in [9.17, 15) is 0 Å². The van der Waals surface area contributed by atoms with Crippen molar-refractivity contribution in [2.75, 3.05) is 13.2 Å². The molecular weight excluding hydrogens is 176 g/mol. The molecule has 78 valence electrons. The highest BCUT2D eigenvalue weighted by molar-refractivity contribution is 5.21. The van der Waals surface area contributed by atoms with Gasteiger partial charge in [0.15, 0.2) is 0 Å². The van der Waals surface area contributed by atoms with Gasteiger partial charge in [0.25, 0.3) is 0 Å². The molecule has 0 radical (unpaired) electrons. The number of hydrogen-bond donors (Lipinski definition) is 2. The van der Waals surface area contributed by atoms with E-state index < -0.39 is 0 Å². The van der Waals surface area contributed by atoms with Crippen molar-refractivity contribution in [3.05, 3.63) is 29.6 Å². The lowest BCUT2D eigenvalue weighted by atomic mass is 10.1. The van der Waals surface area contributed by atoms with Crippen LogP contribution in [0.15, 0.2) is 18.5 Å². The molecule has 0 bridgehead atoms. The van der Waals surface area contributed by atoms with Gasteiger partial charge in [-0.05, 0) is 30.0 Å². The summed E-state index contributed by atoms with van der Waals surface area (Å²) >= 11 is 0. The molecule has 0 spiro atoms. The van der Waals surface area contributed by atoms with Crippen LogP contribution in [-0.4, -0.2) is 23.2 Å². The minimum absolute atomic E-state index is 0.238. The number of hydrogen-bond acceptors (Lipinski definition) is 3. The fourth-order valence-corrected chi connectivity index (χ4v) is 1.22. The highest BCUT2D eigenvalue weighted by Crippen LogP contribution is 2.04. The Morgan fingerprint density at radius 1 is 1.57 bits per heavy atom. The summed E-state index contributed by atoms with van der Waals surface area (Å²) in [6.07, 6.45) is 3.67. The quantitative estimate of drug-likeness (QED) is 0.738. The van der Waals surface area contributed by atoms with Gasteiger partial charge in [0.05, 0.1) is 0 Å². The number of aliphatic hydroxyl groups excluding tert-OH is 1. The average molecular weight is 194 g/mol. The first-order valence-corrected chi connectivity index (χ1v) is 4.95. The normalized spacial score (nSPS) is 12.8. The Kier molecular flexibility index (Phi) is 4.56. The summed E-state index contributed by atoms with van der Waals surface area (Å²) in [7, 11) is 0. The largest absolute Gasteiger partial charge is 0.396 e. The van der Waals surface area contributed by atoms with Crippen LogP contribution in [0.25, 0.3) is 0 Å². The van der Waals surface area contributed by atoms with Crippen LogP contribution >= 0.6 is 0 Å². The number of nitrogens with one attached hydrogen (secondary N) is 1. The maximum Gasteiger partial charge on any atom is 0.0468 e. The molecule has 14 heavy (non-hydrogen) atoms. The van der Waals surface area contributed by atoms with Crippen molar-refractivity contribution in [3.63, 3.8) is 0 Å². The third-order valence-electron chi connectivity index (χ3n) is 2.26. The minimum Gasteiger partial charge on any atom is -0.396 e. The van der Waals surface area contributed by atoms with E-state index in [1.807, 2.05) is 19.2 Å². The Hall–Kier alpha value is -0.930. The minimum atomic E-state index is 0.238. The highest BCUT2D eigenvalue weighted by atomic mass is 16.3. The molecule has 1 atom stereocenters. The van der Waals surface area contributed by atoms with Gasteiger partial charge in [-0.25, -0.2) is 0 Å². The van der Waals surface area contributed by atoms with Crippen LogP contribution in [0.3, 0.4) is 0 Å². The summed E-state index contributed by atoms with van der Waals surface area (Å²) in [4.78, 5) is 4.04. The van der Waals surface area contributed by atoms with Gasteiger partial charge in [-0.15, -0.1) is 0 Å². The molecule has 0 saturated heterocycles. The standard InChI is InChI=1S/C11H18N2O/c1-9(8-14)5-13-7-11-3-4-12-6-10(11)2/h3-4,6,9,13-14H,5,7-8H2,1-2H3. The van der Waals surface area contributed by atoms with Crippen molar-refractivity contribution in [2.24, 2.45) is 5.92 Å². The van der Waals surface area contributed by atoms with Crippen molar-refractivity contribution < 1.29 is 5.11 Å². The second-order valence-electron chi connectivity index (χ2n) is 3.72. The highest BCUT2D eigenvalue weighted by Gasteiger charge is 2.00. The molecule has 1 heterocycles. The van der Waals surface area contributed by atoms with Crippen LogP contribution in [0.2, 0.25) is 0 Å². The van der Waals surface area contributed by atoms with E-state index in [-0.39, 0.29) is 6.61 Å². The SMILES string of the molecule is Cc1cnccc1CNCC(C)CO. The molecule has 0 aliphatic carbocycles. The van der Waals surface area contributed by atoms with E-state index in [4.69, 9.17) is 5.11 Å². The second kappa shape index (κ2) is 5.73. The lowest BCUT2D eigenvalue weighted by Gasteiger charge is -2.10. The summed E-state index contributed by atoms with van der Waals surface area (Å²) in [5, 5.41) is 12.1. The third kappa shape index (κ3) is 3.44. The van der Waals surface area contributed by atoms with Gasteiger partial charge >= 0.3 is 0 Å². The van der Waals surface area contributed by atoms with E-state index in [0.717, 1.165) is 13.1 Å². The summed E-state index contributed by atoms with van der Waals surface area (Å²) in [5.41, 5.74) is 2.47. The van der Waals surface area contributed by atoms with Crippen LogP contribution in [0.5, 0.6) is 0 Å². The molecule has 1 aromatic heterocycles. The summed E-state index contributed by atoms with van der Waals surface area (Å²) in [6.45, 7) is 6.01. The fraction of sp³-hybridized carbons (Fsp3) is 0.545. The summed E-state index contributed by atoms with van der Waals surface area (Å²) < 4.78 is 0. The van der Waals surface area contributed by atoms with Crippen LogP contribution in [-0.2, 0) is 6.54 Å². The van der Waals surface area contributed by atoms with Gasteiger partial charge < -0.3 is 10.4 Å². The van der Waals surface area contributed by atoms with E-state index in [1.54, 1.807) is 6.20 Å². The monoisotopic (exact) mass is 194 g/mol. The number of aryl methyl sites for hydroxylation is 1. The number of pyridine rings is 1. The van der Waals surface area contributed by atoms with Crippen molar-refractivity contribution >= 4 is 0 Å². The van der Waals surface area contributed by atoms with Crippen LogP contribution < -0.4 is 5.32 Å². The van der Waals surface area contributed by atoms with Gasteiger partial charge in [0.1, 0.15) is 0 Å². The molecule has 0 aliphatic heterocycles. The predicted octanol–water partition coefficient (Wildman–Crippen LogP) is 1.11. The average Bonchev–Trinajstić information content (AvgIpc) is 2.20. The van der Waals surface area contributed by atoms with Gasteiger partial charge in [-0.2, -0.15) is 0 Å². The maximum absolute atomic E-state index is 8.84. The Bertz CT molecular complexity index is 276. The van der Waals surface area contributed by atoms with E-state index in [2.05, 4.69) is 17.2 Å². The van der Waals surface area contributed by atoms with Gasteiger partial charge in [0, 0.05) is 32.1 Å². The Morgan fingerprint density at radius 3 is 3.00 bits per heavy atom. The number of nitrogens with zero attached hydrogens (tertiary/aromatic N) is 1. The van der Waals surface area contributed by atoms with E-state index in [1.165, 1.54) is 11.1 Å². The van der Waals surface area contributed by atoms with Crippen LogP contribution in [0.1, 0.15) is 18.1 Å². The zero-order chi connectivity index (χ0) is 10.4. The first-order chi connectivity index (χ1) is 6.74. The predicted molar refractivity (Wildman–Crippen MR) is 56.9 cm³/mol. The zero-order valence-electron chi connectivity index (χ0n) is 8.83. The number of aromatic nitrogens is 1. The third-order valence-corrected chi connectivity index (χ3v) is 2.26. The number of aliphatic hydroxyl groups is 1. The van der Waals surface area contributed by atoms with Crippen molar-refractivity contribution in [1.82, 2.24) is 10.3 Å². The fourth-order valence-electron chi connectivity index (χ4n) is 1.22. The number of rotatable bonds is 5. The molecule has 0 saturated carbocycles. The lowest BCUT2D eigenvalue weighted by molar-refractivity contribution is 0.233. The first-order valence-electron chi connectivity index (χ1n) is 4.95. The molecule has 2 N–H and O–H groups in total. The van der Waals surface area contributed by atoms with Crippen LogP contribution in [0, 0.1) is 12.8 Å². The van der Waals surface area contributed by atoms with Gasteiger partial charge in [0.2, 0.25) is 0 Å². The van der Waals surface area contributed by atoms with Crippen molar-refractivity contribution in [3.8, 4) is 0 Å². The van der Waals surface area contributed by atoms with Crippen LogP contribution in [0.4, 0.5) is 0 Å². The zero-order valence-corrected chi connectivity index (χ0v) is 8.83. The molecule has 1 unspecified atom stereocenters. The molecule has 3 nitrogen and oxygen atoms in total. The Morgan fingerprint density at radius 2 is 2.36 bits per heavy atom. The molecule has 0 fully saturated rings. The summed E-state index contributed by atoms with van der Waals surface area (Å²) in [5.74, 6) is 0.317. The van der Waals surface area contributed by atoms with Crippen molar-refractivity contribution in [2.45, 2.75) is 20.4 Å². The second-order valence-corrected chi connectivity index (χ2v) is 3.72. The molecule has 0 aliphatic rings. The van der Waals surface area contributed by atoms with Gasteiger partial charge in [-0.3, -0.25) is 4.98 Å². The van der Waals surface area contributed by atoms with E-state index >= 15 is 0 Å². The first kappa shape index (κ1) is 11.1. The molecule has 0 aromatic carbocycles. The maximum atomic E-state index is 8.84. The molecule has 1 aromatic rings. The Labute approximate surface area is 85.2 Å².